The monoisotopic (exact) mass is 636 g/mol. The van der Waals surface area contributed by atoms with Crippen LogP contribution in [0.2, 0.25) is 20.1 Å². The van der Waals surface area contributed by atoms with Gasteiger partial charge in [-0.3, -0.25) is 0 Å². The molecular weight excluding hydrogens is 618 g/mol. The van der Waals surface area contributed by atoms with E-state index in [9.17, 15) is 0 Å². The predicted molar refractivity (Wildman–Crippen MR) is 166 cm³/mol. The zero-order chi connectivity index (χ0) is 28.5. The van der Waals surface area contributed by atoms with Crippen molar-refractivity contribution in [3.8, 4) is 0 Å². The molecule has 4 aromatic carbocycles. The highest BCUT2D eigenvalue weighted by molar-refractivity contribution is 8.01. The third-order valence-corrected chi connectivity index (χ3v) is 9.77. The molecular formula is C30H20Cl4N6S. The Bertz CT molecular complexity index is 1630. The summed E-state index contributed by atoms with van der Waals surface area (Å²) in [6.07, 6.45) is 6.34. The summed E-state index contributed by atoms with van der Waals surface area (Å²) >= 11 is 28.3. The Morgan fingerprint density at radius 1 is 0.512 bits per heavy atom. The third-order valence-electron chi connectivity index (χ3n) is 6.73. The van der Waals surface area contributed by atoms with Crippen molar-refractivity contribution in [1.29, 1.82) is 0 Å². The van der Waals surface area contributed by atoms with Gasteiger partial charge in [0, 0.05) is 31.2 Å². The molecule has 0 amide bonds. The van der Waals surface area contributed by atoms with E-state index in [-0.39, 0.29) is 0 Å². The second-order valence-electron chi connectivity index (χ2n) is 9.04. The van der Waals surface area contributed by atoms with Crippen LogP contribution in [0.4, 0.5) is 0 Å². The Labute approximate surface area is 260 Å². The number of hydrogen-bond acceptors (Lipinski definition) is 5. The Hall–Kier alpha value is -3.33. The highest BCUT2D eigenvalue weighted by atomic mass is 35.5. The van der Waals surface area contributed by atoms with E-state index < -0.39 is 9.74 Å². The SMILES string of the molecule is Clc1ccc(C(SC(c2ccc(Cl)cc2)(c2ccccc2Cl)n2cncn2)(c2ccccc2Cl)n2cncn2)cc1. The lowest BCUT2D eigenvalue weighted by Gasteiger charge is -2.44. The first-order chi connectivity index (χ1) is 19.9. The van der Waals surface area contributed by atoms with Gasteiger partial charge in [-0.1, -0.05) is 119 Å². The average molecular weight is 638 g/mol. The maximum Gasteiger partial charge on any atom is 0.164 e. The Kier molecular flexibility index (Phi) is 7.81. The number of halogens is 4. The van der Waals surface area contributed by atoms with Crippen LogP contribution in [0.1, 0.15) is 22.3 Å². The van der Waals surface area contributed by atoms with Gasteiger partial charge in [0.25, 0.3) is 0 Å². The van der Waals surface area contributed by atoms with E-state index >= 15 is 0 Å². The first kappa shape index (κ1) is 27.8. The molecule has 0 aliphatic rings. The van der Waals surface area contributed by atoms with Gasteiger partial charge in [-0.15, -0.1) is 0 Å². The van der Waals surface area contributed by atoms with Gasteiger partial charge in [0.05, 0.1) is 0 Å². The molecule has 204 valence electrons. The quantitative estimate of drug-likeness (QED) is 0.168. The minimum absolute atomic E-state index is 0.535. The molecule has 0 saturated heterocycles. The standard InChI is InChI=1S/C30H20Cl4N6S/c31-23-13-9-21(10-14-23)29(39-19-35-17-37-39,25-5-1-3-7-27(25)33)41-30(40-20-36-18-38-40,22-11-15-24(32)16-12-22)26-6-2-4-8-28(26)34/h1-20H. The summed E-state index contributed by atoms with van der Waals surface area (Å²) < 4.78 is 3.58. The molecule has 2 aromatic heterocycles. The Morgan fingerprint density at radius 2 is 0.902 bits per heavy atom. The van der Waals surface area contributed by atoms with Crippen LogP contribution in [-0.2, 0) is 9.74 Å². The lowest BCUT2D eigenvalue weighted by molar-refractivity contribution is 0.500. The molecule has 0 aliphatic heterocycles. The Balaban J connectivity index is 1.78. The second-order valence-corrected chi connectivity index (χ2v) is 12.1. The van der Waals surface area contributed by atoms with E-state index in [2.05, 4.69) is 20.2 Å². The fraction of sp³-hybridized carbons (Fsp3) is 0.0667. The molecule has 6 rings (SSSR count). The summed E-state index contributed by atoms with van der Waals surface area (Å²) in [7, 11) is 0. The lowest BCUT2D eigenvalue weighted by Crippen LogP contribution is -2.43. The number of aromatic nitrogens is 6. The van der Waals surface area contributed by atoms with Crippen LogP contribution in [-0.4, -0.2) is 29.5 Å². The molecule has 6 nitrogen and oxygen atoms in total. The number of thioether (sulfide) groups is 1. The van der Waals surface area contributed by atoms with Crippen molar-refractivity contribution < 1.29 is 0 Å². The van der Waals surface area contributed by atoms with Crippen molar-refractivity contribution in [2.24, 2.45) is 0 Å². The molecule has 0 spiro atoms. The van der Waals surface area contributed by atoms with Gasteiger partial charge in [-0.25, -0.2) is 19.3 Å². The fourth-order valence-corrected chi connectivity index (χ4v) is 7.72. The van der Waals surface area contributed by atoms with E-state index in [1.807, 2.05) is 97.1 Å². The van der Waals surface area contributed by atoms with Crippen LogP contribution in [0, 0.1) is 0 Å². The van der Waals surface area contributed by atoms with Crippen LogP contribution >= 0.6 is 58.2 Å². The number of rotatable bonds is 8. The van der Waals surface area contributed by atoms with Crippen molar-refractivity contribution in [2.45, 2.75) is 9.74 Å². The molecule has 0 N–H and O–H groups in total. The molecule has 2 heterocycles. The molecule has 6 aromatic rings. The highest BCUT2D eigenvalue weighted by Crippen LogP contribution is 2.58. The summed E-state index contributed by atoms with van der Waals surface area (Å²) in [5.74, 6) is 0. The molecule has 2 atom stereocenters. The summed E-state index contributed by atoms with van der Waals surface area (Å²) in [4.78, 5) is 6.45. The molecule has 11 heteroatoms. The van der Waals surface area contributed by atoms with E-state index in [4.69, 9.17) is 46.4 Å². The van der Waals surface area contributed by atoms with Crippen molar-refractivity contribution in [3.63, 3.8) is 0 Å². The maximum absolute atomic E-state index is 7.03. The average Bonchev–Trinajstić information content (AvgIpc) is 3.72. The smallest absolute Gasteiger partial charge is 0.164 e. The summed E-state index contributed by atoms with van der Waals surface area (Å²) in [5.41, 5.74) is 3.22. The normalized spacial score (nSPS) is 14.3. The molecule has 0 radical (unpaired) electrons. The summed E-state index contributed by atoms with van der Waals surface area (Å²) in [6.45, 7) is 0. The second kappa shape index (κ2) is 11.5. The highest BCUT2D eigenvalue weighted by Gasteiger charge is 2.52. The van der Waals surface area contributed by atoms with E-state index in [0.29, 0.717) is 20.1 Å². The fourth-order valence-electron chi connectivity index (χ4n) is 4.92. The summed E-state index contributed by atoms with van der Waals surface area (Å²) in [5, 5.41) is 11.6. The van der Waals surface area contributed by atoms with Crippen LogP contribution in [0.3, 0.4) is 0 Å². The van der Waals surface area contributed by atoms with Gasteiger partial charge in [-0.05, 0) is 47.5 Å². The van der Waals surface area contributed by atoms with Crippen molar-refractivity contribution in [3.05, 3.63) is 165 Å². The van der Waals surface area contributed by atoms with Gasteiger partial charge in [0.1, 0.15) is 25.3 Å². The molecule has 0 bridgehead atoms. The first-order valence-corrected chi connectivity index (χ1v) is 14.7. The van der Waals surface area contributed by atoms with Gasteiger partial charge in [0.15, 0.2) is 9.74 Å². The summed E-state index contributed by atoms with van der Waals surface area (Å²) in [6, 6.07) is 30.5. The molecule has 0 aliphatic carbocycles. The topological polar surface area (TPSA) is 61.4 Å². The largest absolute Gasteiger partial charge is 0.228 e. The van der Waals surface area contributed by atoms with E-state index in [1.54, 1.807) is 22.0 Å². The van der Waals surface area contributed by atoms with Crippen molar-refractivity contribution in [1.82, 2.24) is 29.5 Å². The van der Waals surface area contributed by atoms with Crippen LogP contribution in [0.15, 0.2) is 122 Å². The first-order valence-electron chi connectivity index (χ1n) is 12.4. The lowest BCUT2D eigenvalue weighted by atomic mass is 9.96. The number of hydrogen-bond donors (Lipinski definition) is 0. The van der Waals surface area contributed by atoms with Crippen molar-refractivity contribution >= 4 is 58.2 Å². The molecule has 41 heavy (non-hydrogen) atoms. The van der Waals surface area contributed by atoms with Crippen LogP contribution in [0.5, 0.6) is 0 Å². The van der Waals surface area contributed by atoms with Gasteiger partial charge >= 0.3 is 0 Å². The van der Waals surface area contributed by atoms with Crippen LogP contribution < -0.4 is 0 Å². The van der Waals surface area contributed by atoms with E-state index in [0.717, 1.165) is 22.3 Å². The number of nitrogens with zero attached hydrogens (tertiary/aromatic N) is 6. The zero-order valence-electron chi connectivity index (χ0n) is 21.2. The Morgan fingerprint density at radius 3 is 1.24 bits per heavy atom. The van der Waals surface area contributed by atoms with Crippen LogP contribution in [0.25, 0.3) is 0 Å². The number of benzene rings is 4. The maximum atomic E-state index is 7.03. The zero-order valence-corrected chi connectivity index (χ0v) is 25.0. The van der Waals surface area contributed by atoms with E-state index in [1.165, 1.54) is 24.4 Å². The molecule has 0 fully saturated rings. The van der Waals surface area contributed by atoms with Gasteiger partial charge in [-0.2, -0.15) is 10.2 Å². The minimum Gasteiger partial charge on any atom is -0.228 e. The van der Waals surface area contributed by atoms with Gasteiger partial charge < -0.3 is 0 Å². The predicted octanol–water partition coefficient (Wildman–Crippen LogP) is 8.42. The molecule has 0 saturated carbocycles. The van der Waals surface area contributed by atoms with Gasteiger partial charge in [0.2, 0.25) is 0 Å². The van der Waals surface area contributed by atoms with Crippen molar-refractivity contribution in [2.75, 3.05) is 0 Å². The third kappa shape index (κ3) is 4.92. The molecule has 2 unspecified atom stereocenters. The minimum atomic E-state index is -1.12.